The number of anilines is 1. The highest BCUT2D eigenvalue weighted by Crippen LogP contribution is 2.27. The van der Waals surface area contributed by atoms with E-state index in [9.17, 15) is 9.59 Å². The first-order valence-corrected chi connectivity index (χ1v) is 8.78. The highest BCUT2D eigenvalue weighted by atomic mass is 32.1. The highest BCUT2D eigenvalue weighted by Gasteiger charge is 2.15. The summed E-state index contributed by atoms with van der Waals surface area (Å²) in [6.07, 6.45) is 1.68. The zero-order valence-electron chi connectivity index (χ0n) is 13.3. The zero-order chi connectivity index (χ0) is 17.3. The number of aryl methyl sites for hydroxylation is 2. The molecule has 6 nitrogen and oxygen atoms in total. The molecule has 0 aromatic carbocycles. The Labute approximate surface area is 146 Å². The van der Waals surface area contributed by atoms with E-state index in [2.05, 4.69) is 20.0 Å². The van der Waals surface area contributed by atoms with Crippen LogP contribution < -0.4 is 5.32 Å². The maximum Gasteiger partial charge on any atom is 0.354 e. The van der Waals surface area contributed by atoms with Crippen LogP contribution in [0.15, 0.2) is 23.7 Å². The molecule has 2 N–H and O–H groups in total. The third-order valence-corrected chi connectivity index (χ3v) is 5.12. The predicted octanol–water partition coefficient (Wildman–Crippen LogP) is 3.86. The lowest BCUT2D eigenvalue weighted by Crippen LogP contribution is -2.11. The van der Waals surface area contributed by atoms with Crippen molar-refractivity contribution in [3.63, 3.8) is 0 Å². The molecular formula is C16H15N3O3S2. The SMILES string of the molecule is COC(=O)c1cc(-c2csc(NC(=O)c3cc(C)sc3C)n2)c[nH]1. The van der Waals surface area contributed by atoms with E-state index in [1.54, 1.807) is 23.6 Å². The number of hydrogen-bond donors (Lipinski definition) is 2. The molecule has 8 heteroatoms. The summed E-state index contributed by atoms with van der Waals surface area (Å²) >= 11 is 2.93. The molecule has 3 aromatic rings. The Balaban J connectivity index is 1.76. The van der Waals surface area contributed by atoms with Crippen LogP contribution in [0.4, 0.5) is 5.13 Å². The molecule has 0 bridgehead atoms. The van der Waals surface area contributed by atoms with Crippen LogP contribution >= 0.6 is 22.7 Å². The summed E-state index contributed by atoms with van der Waals surface area (Å²) in [6.45, 7) is 3.90. The van der Waals surface area contributed by atoms with Gasteiger partial charge in [-0.3, -0.25) is 10.1 Å². The Morgan fingerprint density at radius 2 is 2.08 bits per heavy atom. The van der Waals surface area contributed by atoms with Crippen LogP contribution in [0.3, 0.4) is 0 Å². The number of amides is 1. The summed E-state index contributed by atoms with van der Waals surface area (Å²) in [5, 5.41) is 5.15. The average Bonchev–Trinajstić information content (AvgIpc) is 3.26. The zero-order valence-corrected chi connectivity index (χ0v) is 14.9. The monoisotopic (exact) mass is 361 g/mol. The van der Waals surface area contributed by atoms with Gasteiger partial charge in [0.1, 0.15) is 5.69 Å². The number of thiophene rings is 1. The van der Waals surface area contributed by atoms with Crippen LogP contribution in [-0.2, 0) is 4.74 Å². The first-order valence-electron chi connectivity index (χ1n) is 7.09. The Morgan fingerprint density at radius 1 is 1.29 bits per heavy atom. The van der Waals surface area contributed by atoms with Crippen molar-refractivity contribution in [2.75, 3.05) is 12.4 Å². The van der Waals surface area contributed by atoms with Crippen molar-refractivity contribution < 1.29 is 14.3 Å². The van der Waals surface area contributed by atoms with E-state index < -0.39 is 5.97 Å². The van der Waals surface area contributed by atoms with Gasteiger partial charge in [-0.1, -0.05) is 0 Å². The van der Waals surface area contributed by atoms with E-state index in [4.69, 9.17) is 0 Å². The van der Waals surface area contributed by atoms with Gasteiger partial charge >= 0.3 is 5.97 Å². The van der Waals surface area contributed by atoms with Crippen molar-refractivity contribution in [2.24, 2.45) is 0 Å². The molecule has 3 aromatic heterocycles. The second-order valence-corrected chi connectivity index (χ2v) is 7.43. The Bertz CT molecular complexity index is 907. The van der Waals surface area contributed by atoms with Crippen LogP contribution in [0, 0.1) is 13.8 Å². The lowest BCUT2D eigenvalue weighted by molar-refractivity contribution is 0.0594. The van der Waals surface area contributed by atoms with Gasteiger partial charge < -0.3 is 9.72 Å². The minimum atomic E-state index is -0.437. The van der Waals surface area contributed by atoms with Gasteiger partial charge in [-0.05, 0) is 26.0 Å². The molecule has 0 fully saturated rings. The molecular weight excluding hydrogens is 346 g/mol. The topological polar surface area (TPSA) is 84.1 Å². The van der Waals surface area contributed by atoms with Crippen LogP contribution in [0.25, 0.3) is 11.3 Å². The van der Waals surface area contributed by atoms with Gasteiger partial charge in [0.15, 0.2) is 5.13 Å². The number of carbonyl (C=O) groups excluding carboxylic acids is 2. The number of H-pyrrole nitrogens is 1. The Morgan fingerprint density at radius 3 is 2.75 bits per heavy atom. The minimum Gasteiger partial charge on any atom is -0.464 e. The van der Waals surface area contributed by atoms with E-state index in [-0.39, 0.29) is 5.91 Å². The molecule has 24 heavy (non-hydrogen) atoms. The van der Waals surface area contributed by atoms with E-state index in [0.717, 1.165) is 15.3 Å². The number of rotatable bonds is 4. The molecule has 0 radical (unpaired) electrons. The number of esters is 1. The largest absolute Gasteiger partial charge is 0.464 e. The molecule has 0 aliphatic heterocycles. The summed E-state index contributed by atoms with van der Waals surface area (Å²) in [5.41, 5.74) is 2.47. The average molecular weight is 361 g/mol. The summed E-state index contributed by atoms with van der Waals surface area (Å²) < 4.78 is 4.66. The first-order chi connectivity index (χ1) is 11.5. The van der Waals surface area contributed by atoms with Crippen molar-refractivity contribution >= 4 is 39.7 Å². The molecule has 0 aliphatic carbocycles. The van der Waals surface area contributed by atoms with Crippen molar-refractivity contribution in [2.45, 2.75) is 13.8 Å². The lowest BCUT2D eigenvalue weighted by atomic mass is 10.2. The number of ether oxygens (including phenoxy) is 1. The smallest absolute Gasteiger partial charge is 0.354 e. The number of thiazole rings is 1. The molecule has 1 amide bonds. The fourth-order valence-corrected chi connectivity index (χ4v) is 3.89. The summed E-state index contributed by atoms with van der Waals surface area (Å²) in [4.78, 5) is 33.1. The van der Waals surface area contributed by atoms with E-state index in [1.165, 1.54) is 18.4 Å². The second kappa shape index (κ2) is 6.58. The third kappa shape index (κ3) is 3.24. The molecule has 0 unspecified atom stereocenters. The normalized spacial score (nSPS) is 10.6. The van der Waals surface area contributed by atoms with Crippen molar-refractivity contribution in [1.29, 1.82) is 0 Å². The van der Waals surface area contributed by atoms with Gasteiger partial charge in [-0.25, -0.2) is 9.78 Å². The standard InChI is InChI=1S/C16H15N3O3S2/c1-8-4-11(9(2)24-8)14(20)19-16-18-13(7-23-16)10-5-12(17-6-10)15(21)22-3/h4-7,17H,1-3H3,(H,18,19,20). The predicted molar refractivity (Wildman–Crippen MR) is 95.0 cm³/mol. The number of nitrogens with one attached hydrogen (secondary N) is 2. The van der Waals surface area contributed by atoms with Gasteiger partial charge in [0.2, 0.25) is 0 Å². The molecule has 0 atom stereocenters. The van der Waals surface area contributed by atoms with E-state index in [0.29, 0.717) is 22.1 Å². The number of aromatic amines is 1. The molecule has 3 rings (SSSR count). The van der Waals surface area contributed by atoms with Gasteiger partial charge in [-0.15, -0.1) is 22.7 Å². The second-order valence-electron chi connectivity index (χ2n) is 5.11. The Hall–Kier alpha value is -2.45. The summed E-state index contributed by atoms with van der Waals surface area (Å²) in [6, 6.07) is 3.54. The van der Waals surface area contributed by atoms with Gasteiger partial charge in [0, 0.05) is 26.9 Å². The molecule has 0 aliphatic rings. The third-order valence-electron chi connectivity index (χ3n) is 3.39. The van der Waals surface area contributed by atoms with Gasteiger partial charge in [-0.2, -0.15) is 0 Å². The van der Waals surface area contributed by atoms with Gasteiger partial charge in [0.05, 0.1) is 18.4 Å². The lowest BCUT2D eigenvalue weighted by Gasteiger charge is -2.00. The van der Waals surface area contributed by atoms with Crippen molar-refractivity contribution in [3.05, 3.63) is 44.7 Å². The molecule has 0 spiro atoms. The minimum absolute atomic E-state index is 0.165. The van der Waals surface area contributed by atoms with E-state index >= 15 is 0 Å². The summed E-state index contributed by atoms with van der Waals surface area (Å²) in [5.74, 6) is -0.602. The van der Waals surface area contributed by atoms with Crippen LogP contribution in [0.1, 0.15) is 30.6 Å². The molecule has 0 saturated heterocycles. The first kappa shape index (κ1) is 16.4. The van der Waals surface area contributed by atoms with Crippen LogP contribution in [0.2, 0.25) is 0 Å². The molecule has 124 valence electrons. The van der Waals surface area contributed by atoms with Gasteiger partial charge in [0.25, 0.3) is 5.91 Å². The number of aromatic nitrogens is 2. The number of nitrogens with zero attached hydrogens (tertiary/aromatic N) is 1. The quantitative estimate of drug-likeness (QED) is 0.691. The number of hydrogen-bond acceptors (Lipinski definition) is 6. The Kier molecular flexibility index (Phi) is 4.50. The summed E-state index contributed by atoms with van der Waals surface area (Å²) in [7, 11) is 1.33. The van der Waals surface area contributed by atoms with Crippen LogP contribution in [0.5, 0.6) is 0 Å². The van der Waals surface area contributed by atoms with Crippen molar-refractivity contribution in [1.82, 2.24) is 9.97 Å². The maximum absolute atomic E-state index is 12.3. The molecule has 0 saturated carbocycles. The van der Waals surface area contributed by atoms with E-state index in [1.807, 2.05) is 25.3 Å². The van der Waals surface area contributed by atoms with Crippen LogP contribution in [-0.4, -0.2) is 29.0 Å². The number of carbonyl (C=O) groups is 2. The van der Waals surface area contributed by atoms with Crippen molar-refractivity contribution in [3.8, 4) is 11.3 Å². The fraction of sp³-hybridized carbons (Fsp3) is 0.188. The maximum atomic E-state index is 12.3. The molecule has 3 heterocycles. The number of methoxy groups -OCH3 is 1. The fourth-order valence-electron chi connectivity index (χ4n) is 2.25. The highest BCUT2D eigenvalue weighted by molar-refractivity contribution is 7.14.